The second-order valence-electron chi connectivity index (χ2n) is 15.4. The summed E-state index contributed by atoms with van der Waals surface area (Å²) in [4.78, 5) is 5.45. The SMILES string of the molecule is CCCCCCCCCCCCCCCCN1C=CN(CCCCCCCCCCCCCCC)C1CCCCCCCCCC. The average molecular weight is 645 g/mol. The van der Waals surface area contributed by atoms with Gasteiger partial charge in [-0.1, -0.05) is 226 Å². The fourth-order valence-electron chi connectivity index (χ4n) is 7.60. The van der Waals surface area contributed by atoms with Gasteiger partial charge in [-0.05, 0) is 25.7 Å². The van der Waals surface area contributed by atoms with Crippen molar-refractivity contribution >= 4 is 0 Å². The monoisotopic (exact) mass is 645 g/mol. The van der Waals surface area contributed by atoms with E-state index < -0.39 is 0 Å². The first kappa shape index (κ1) is 43.4. The highest BCUT2D eigenvalue weighted by Gasteiger charge is 2.24. The maximum Gasteiger partial charge on any atom is 0.101 e. The Morgan fingerprint density at radius 1 is 0.283 bits per heavy atom. The second-order valence-corrected chi connectivity index (χ2v) is 15.4. The van der Waals surface area contributed by atoms with Crippen molar-refractivity contribution in [3.8, 4) is 0 Å². The smallest absolute Gasteiger partial charge is 0.101 e. The molecule has 1 rings (SSSR count). The van der Waals surface area contributed by atoms with E-state index >= 15 is 0 Å². The Bertz CT molecular complexity index is 601. The lowest BCUT2D eigenvalue weighted by Crippen LogP contribution is -2.39. The van der Waals surface area contributed by atoms with Gasteiger partial charge in [0.25, 0.3) is 0 Å². The summed E-state index contributed by atoms with van der Waals surface area (Å²) in [5, 5.41) is 0. The number of hydrogen-bond donors (Lipinski definition) is 0. The van der Waals surface area contributed by atoms with E-state index in [9.17, 15) is 0 Å². The van der Waals surface area contributed by atoms with Crippen LogP contribution in [-0.2, 0) is 0 Å². The van der Waals surface area contributed by atoms with Crippen LogP contribution in [0, 0.1) is 0 Å². The van der Waals surface area contributed by atoms with Crippen LogP contribution in [0.2, 0.25) is 0 Å². The van der Waals surface area contributed by atoms with Crippen molar-refractivity contribution in [3.05, 3.63) is 12.4 Å². The third-order valence-corrected chi connectivity index (χ3v) is 10.8. The van der Waals surface area contributed by atoms with Crippen molar-refractivity contribution in [3.63, 3.8) is 0 Å². The van der Waals surface area contributed by atoms with Crippen LogP contribution in [0.5, 0.6) is 0 Å². The molecule has 1 unspecified atom stereocenters. The Kier molecular flexibility index (Phi) is 33.6. The second kappa shape index (κ2) is 35.6. The molecule has 2 nitrogen and oxygen atoms in total. The van der Waals surface area contributed by atoms with Crippen molar-refractivity contribution in [1.82, 2.24) is 9.80 Å². The Labute approximate surface area is 292 Å². The van der Waals surface area contributed by atoms with E-state index in [1.807, 2.05) is 0 Å². The molecular weight excluding hydrogens is 556 g/mol. The van der Waals surface area contributed by atoms with E-state index in [1.165, 1.54) is 244 Å². The molecule has 1 atom stereocenters. The molecule has 2 heteroatoms. The van der Waals surface area contributed by atoms with Crippen LogP contribution in [0.15, 0.2) is 12.4 Å². The number of hydrogen-bond acceptors (Lipinski definition) is 2. The third-order valence-electron chi connectivity index (χ3n) is 10.8. The van der Waals surface area contributed by atoms with Crippen LogP contribution in [0.25, 0.3) is 0 Å². The van der Waals surface area contributed by atoms with E-state index in [0.29, 0.717) is 6.17 Å². The molecule has 0 aromatic heterocycles. The summed E-state index contributed by atoms with van der Waals surface area (Å²) < 4.78 is 0. The normalized spacial score (nSPS) is 14.7. The summed E-state index contributed by atoms with van der Waals surface area (Å²) in [7, 11) is 0. The van der Waals surface area contributed by atoms with Crippen molar-refractivity contribution in [2.45, 2.75) is 258 Å². The number of rotatable bonds is 38. The minimum atomic E-state index is 0.638. The van der Waals surface area contributed by atoms with Gasteiger partial charge in [0, 0.05) is 25.5 Å². The van der Waals surface area contributed by atoms with Gasteiger partial charge in [-0.15, -0.1) is 0 Å². The molecule has 0 aliphatic carbocycles. The van der Waals surface area contributed by atoms with Gasteiger partial charge in [0.15, 0.2) is 0 Å². The highest BCUT2D eigenvalue weighted by atomic mass is 15.4. The van der Waals surface area contributed by atoms with Crippen LogP contribution < -0.4 is 0 Å². The summed E-state index contributed by atoms with van der Waals surface area (Å²) in [6.45, 7) is 9.49. The van der Waals surface area contributed by atoms with Crippen LogP contribution in [0.4, 0.5) is 0 Å². The lowest BCUT2D eigenvalue weighted by atomic mass is 10.0. The molecule has 0 N–H and O–H groups in total. The molecule has 0 bridgehead atoms. The summed E-state index contributed by atoms with van der Waals surface area (Å²) in [5.74, 6) is 0. The van der Waals surface area contributed by atoms with E-state index in [2.05, 4.69) is 43.0 Å². The molecule has 0 aromatic rings. The van der Waals surface area contributed by atoms with Crippen LogP contribution >= 0.6 is 0 Å². The van der Waals surface area contributed by atoms with Crippen LogP contribution in [0.3, 0.4) is 0 Å². The van der Waals surface area contributed by atoms with E-state index in [4.69, 9.17) is 0 Å². The van der Waals surface area contributed by atoms with Crippen LogP contribution in [-0.4, -0.2) is 29.1 Å². The van der Waals surface area contributed by atoms with Gasteiger partial charge >= 0.3 is 0 Å². The van der Waals surface area contributed by atoms with Gasteiger partial charge in [-0.3, -0.25) is 0 Å². The molecule has 1 aliphatic heterocycles. The maximum absolute atomic E-state index is 2.73. The molecule has 0 spiro atoms. The molecule has 0 aromatic carbocycles. The minimum Gasteiger partial charge on any atom is -0.356 e. The third kappa shape index (κ3) is 27.3. The Morgan fingerprint density at radius 3 is 0.761 bits per heavy atom. The average Bonchev–Trinajstić information content (AvgIpc) is 3.45. The molecule has 0 saturated carbocycles. The molecule has 0 fully saturated rings. The summed E-state index contributed by atoms with van der Waals surface area (Å²) >= 11 is 0. The number of nitrogens with zero attached hydrogens (tertiary/aromatic N) is 2. The summed E-state index contributed by atoms with van der Waals surface area (Å²) in [6, 6.07) is 0. The Balaban J connectivity index is 2.18. The molecule has 274 valence electrons. The van der Waals surface area contributed by atoms with Crippen molar-refractivity contribution < 1.29 is 0 Å². The quantitative estimate of drug-likeness (QED) is 0.0617. The predicted octanol–water partition coefficient (Wildman–Crippen LogP) is 15.5. The van der Waals surface area contributed by atoms with Gasteiger partial charge in [0.05, 0.1) is 0 Å². The molecule has 0 amide bonds. The van der Waals surface area contributed by atoms with Crippen molar-refractivity contribution in [1.29, 1.82) is 0 Å². The summed E-state index contributed by atoms with van der Waals surface area (Å²) in [5.41, 5.74) is 0. The fraction of sp³-hybridized carbons (Fsp3) is 0.955. The zero-order valence-electron chi connectivity index (χ0n) is 32.5. The molecule has 1 aliphatic rings. The largest absolute Gasteiger partial charge is 0.356 e. The zero-order valence-corrected chi connectivity index (χ0v) is 32.5. The topological polar surface area (TPSA) is 6.48 Å². The highest BCUT2D eigenvalue weighted by molar-refractivity contribution is 4.97. The lowest BCUT2D eigenvalue weighted by molar-refractivity contribution is 0.135. The van der Waals surface area contributed by atoms with Gasteiger partial charge in [0.1, 0.15) is 6.17 Å². The molecular formula is C44H88N2. The van der Waals surface area contributed by atoms with Gasteiger partial charge in [-0.2, -0.15) is 0 Å². The summed E-state index contributed by atoms with van der Waals surface area (Å²) in [6.07, 6.45) is 57.4. The van der Waals surface area contributed by atoms with Gasteiger partial charge in [0.2, 0.25) is 0 Å². The van der Waals surface area contributed by atoms with Gasteiger partial charge < -0.3 is 9.80 Å². The Hall–Kier alpha value is -0.660. The Morgan fingerprint density at radius 2 is 0.500 bits per heavy atom. The first-order valence-electron chi connectivity index (χ1n) is 22.0. The lowest BCUT2D eigenvalue weighted by Gasteiger charge is -2.33. The predicted molar refractivity (Wildman–Crippen MR) is 210 cm³/mol. The first-order valence-corrected chi connectivity index (χ1v) is 22.0. The van der Waals surface area contributed by atoms with E-state index in [1.54, 1.807) is 0 Å². The van der Waals surface area contributed by atoms with Crippen molar-refractivity contribution in [2.75, 3.05) is 13.1 Å². The standard InChI is InChI=1S/C44H88N2/c1-4-7-10-13-16-19-21-23-25-27-29-32-35-38-41-46-43-42-45(44(46)39-36-33-30-18-15-12-9-6-3)40-37-34-31-28-26-24-22-20-17-14-11-8-5-2/h42-44H,4-41H2,1-3H3. The van der Waals surface area contributed by atoms with Gasteiger partial charge in [-0.25, -0.2) is 0 Å². The number of unbranched alkanes of at least 4 members (excludes halogenated alkanes) is 32. The minimum absolute atomic E-state index is 0.638. The highest BCUT2D eigenvalue weighted by Crippen LogP contribution is 2.24. The molecule has 0 radical (unpaired) electrons. The molecule has 46 heavy (non-hydrogen) atoms. The van der Waals surface area contributed by atoms with E-state index in [0.717, 1.165) is 0 Å². The molecule has 1 heterocycles. The van der Waals surface area contributed by atoms with E-state index in [-0.39, 0.29) is 0 Å². The maximum atomic E-state index is 2.73. The fourth-order valence-corrected chi connectivity index (χ4v) is 7.60. The van der Waals surface area contributed by atoms with Crippen molar-refractivity contribution in [2.24, 2.45) is 0 Å². The first-order chi connectivity index (χ1) is 22.8. The van der Waals surface area contributed by atoms with Crippen LogP contribution in [0.1, 0.15) is 252 Å². The zero-order chi connectivity index (χ0) is 33.0. The molecule has 0 saturated heterocycles.